The van der Waals surface area contributed by atoms with E-state index in [4.69, 9.17) is 10.8 Å². The van der Waals surface area contributed by atoms with Gasteiger partial charge in [-0.15, -0.1) is 0 Å². The number of likely N-dealkylation sites (tertiary alicyclic amines) is 1. The third kappa shape index (κ3) is 3.75. The molecule has 0 spiro atoms. The van der Waals surface area contributed by atoms with E-state index in [0.29, 0.717) is 5.56 Å². The number of benzene rings is 1. The van der Waals surface area contributed by atoms with Crippen LogP contribution in [-0.2, 0) is 0 Å². The number of carboxylic acid groups (broad SMARTS) is 1. The molecule has 2 aromatic rings. The van der Waals surface area contributed by atoms with Crippen molar-refractivity contribution in [1.82, 2.24) is 9.88 Å². The van der Waals surface area contributed by atoms with Crippen LogP contribution in [0.25, 0.3) is 10.9 Å². The first kappa shape index (κ1) is 14.9. The number of hydrogen-bond acceptors (Lipinski definition) is 2. The number of aromatic amines is 1. The molecule has 112 valence electrons. The number of primary amides is 1. The van der Waals surface area contributed by atoms with Crippen LogP contribution in [0.2, 0.25) is 0 Å². The van der Waals surface area contributed by atoms with Crippen molar-refractivity contribution in [1.29, 1.82) is 0 Å². The van der Waals surface area contributed by atoms with Crippen LogP contribution in [0.4, 0.5) is 4.79 Å². The second-order valence-electron chi connectivity index (χ2n) is 4.94. The minimum absolute atomic E-state index is 0.269. The number of hydrogen-bond donors (Lipinski definition) is 3. The molecule has 0 bridgehead atoms. The van der Waals surface area contributed by atoms with E-state index in [1.54, 1.807) is 11.0 Å². The number of carboxylic acids is 1. The van der Waals surface area contributed by atoms with E-state index in [-0.39, 0.29) is 6.03 Å². The van der Waals surface area contributed by atoms with Gasteiger partial charge in [0.25, 0.3) is 0 Å². The monoisotopic (exact) mass is 289 g/mol. The van der Waals surface area contributed by atoms with Gasteiger partial charge in [0.15, 0.2) is 0 Å². The molecule has 1 fully saturated rings. The summed E-state index contributed by atoms with van der Waals surface area (Å²) >= 11 is 0. The highest BCUT2D eigenvalue weighted by Crippen LogP contribution is 2.16. The Bertz CT molecular complexity index is 630. The van der Waals surface area contributed by atoms with Gasteiger partial charge in [-0.2, -0.15) is 0 Å². The third-order valence-corrected chi connectivity index (χ3v) is 3.49. The number of carbonyl (C=O) groups excluding carboxylic acids is 1. The molecular weight excluding hydrogens is 270 g/mol. The van der Waals surface area contributed by atoms with Crippen molar-refractivity contribution in [3.8, 4) is 0 Å². The van der Waals surface area contributed by atoms with Gasteiger partial charge in [0.1, 0.15) is 0 Å². The van der Waals surface area contributed by atoms with Gasteiger partial charge in [0.2, 0.25) is 0 Å². The standard InChI is InChI=1S/C9H7NO2.C6H12N2O/c11-9(12)7-5-10-8-4-2-1-3-6(7)8;7-6(9)8-4-2-1-3-5-8/h1-5,10H,(H,11,12);1-5H2,(H2,7,9). The van der Waals surface area contributed by atoms with E-state index in [2.05, 4.69) is 4.98 Å². The number of fused-ring (bicyclic) bond motifs is 1. The molecule has 1 aromatic carbocycles. The molecule has 4 N–H and O–H groups in total. The Hall–Kier alpha value is -2.50. The van der Waals surface area contributed by atoms with Crippen LogP contribution in [-0.4, -0.2) is 40.1 Å². The largest absolute Gasteiger partial charge is 0.478 e. The van der Waals surface area contributed by atoms with Gasteiger partial charge < -0.3 is 20.7 Å². The molecule has 1 aromatic heterocycles. The average Bonchev–Trinajstić information content (AvgIpc) is 2.93. The maximum Gasteiger partial charge on any atom is 0.337 e. The van der Waals surface area contributed by atoms with E-state index < -0.39 is 5.97 Å². The van der Waals surface area contributed by atoms with Crippen molar-refractivity contribution in [2.75, 3.05) is 13.1 Å². The summed E-state index contributed by atoms with van der Waals surface area (Å²) in [4.78, 5) is 25.7. The predicted octanol–water partition coefficient (Wildman–Crippen LogP) is 2.42. The van der Waals surface area contributed by atoms with Crippen LogP contribution < -0.4 is 5.73 Å². The molecule has 1 saturated heterocycles. The molecule has 6 nitrogen and oxygen atoms in total. The van der Waals surface area contributed by atoms with Gasteiger partial charge >= 0.3 is 12.0 Å². The smallest absolute Gasteiger partial charge is 0.337 e. The van der Waals surface area contributed by atoms with E-state index in [1.807, 2.05) is 18.2 Å². The second-order valence-corrected chi connectivity index (χ2v) is 4.94. The molecule has 0 atom stereocenters. The van der Waals surface area contributed by atoms with Gasteiger partial charge in [-0.05, 0) is 25.3 Å². The van der Waals surface area contributed by atoms with Gasteiger partial charge in [-0.3, -0.25) is 0 Å². The molecule has 0 aliphatic carbocycles. The number of H-pyrrole nitrogens is 1. The second kappa shape index (κ2) is 6.78. The highest BCUT2D eigenvalue weighted by Gasteiger charge is 2.12. The Morgan fingerprint density at radius 1 is 1.14 bits per heavy atom. The van der Waals surface area contributed by atoms with E-state index in [0.717, 1.165) is 36.8 Å². The Morgan fingerprint density at radius 3 is 2.38 bits per heavy atom. The summed E-state index contributed by atoms with van der Waals surface area (Å²) in [6, 6.07) is 7.05. The number of nitrogens with one attached hydrogen (secondary N) is 1. The van der Waals surface area contributed by atoms with Crippen molar-refractivity contribution < 1.29 is 14.7 Å². The number of rotatable bonds is 1. The molecule has 21 heavy (non-hydrogen) atoms. The third-order valence-electron chi connectivity index (χ3n) is 3.49. The first-order chi connectivity index (χ1) is 10.1. The molecule has 2 heterocycles. The number of nitrogens with two attached hydrogens (primary N) is 1. The topological polar surface area (TPSA) is 99.4 Å². The summed E-state index contributed by atoms with van der Waals surface area (Å²) in [6.45, 7) is 1.71. The summed E-state index contributed by atoms with van der Waals surface area (Å²) < 4.78 is 0. The van der Waals surface area contributed by atoms with Gasteiger partial charge in [0.05, 0.1) is 5.56 Å². The lowest BCUT2D eigenvalue weighted by molar-refractivity contribution is 0.0699. The maximum atomic E-state index is 10.7. The number of carbonyl (C=O) groups is 2. The zero-order chi connectivity index (χ0) is 15.2. The Balaban J connectivity index is 0.000000161. The van der Waals surface area contributed by atoms with E-state index in [9.17, 15) is 9.59 Å². The Labute approximate surface area is 122 Å². The van der Waals surface area contributed by atoms with E-state index in [1.165, 1.54) is 12.6 Å². The van der Waals surface area contributed by atoms with Crippen LogP contribution in [0, 0.1) is 0 Å². The molecular formula is C15H19N3O3. The highest BCUT2D eigenvalue weighted by atomic mass is 16.4. The van der Waals surface area contributed by atoms with Crippen LogP contribution in [0.15, 0.2) is 30.5 Å². The minimum Gasteiger partial charge on any atom is -0.478 e. The van der Waals surface area contributed by atoms with Crippen molar-refractivity contribution in [3.63, 3.8) is 0 Å². The van der Waals surface area contributed by atoms with Crippen LogP contribution in [0.1, 0.15) is 29.6 Å². The zero-order valence-corrected chi connectivity index (χ0v) is 11.7. The summed E-state index contributed by atoms with van der Waals surface area (Å²) in [6.07, 6.45) is 4.97. The molecule has 2 amide bonds. The predicted molar refractivity (Wildman–Crippen MR) is 80.3 cm³/mol. The number of piperidine rings is 1. The lowest BCUT2D eigenvalue weighted by Gasteiger charge is -2.24. The van der Waals surface area contributed by atoms with Crippen LogP contribution in [0.3, 0.4) is 0 Å². The number of aromatic carboxylic acids is 1. The highest BCUT2D eigenvalue weighted by molar-refractivity contribution is 6.02. The fourth-order valence-corrected chi connectivity index (χ4v) is 2.36. The molecule has 1 aliphatic rings. The molecule has 0 unspecified atom stereocenters. The average molecular weight is 289 g/mol. The molecule has 0 radical (unpaired) electrons. The fraction of sp³-hybridized carbons (Fsp3) is 0.333. The summed E-state index contributed by atoms with van der Waals surface area (Å²) in [5.41, 5.74) is 6.24. The molecule has 1 aliphatic heterocycles. The number of para-hydroxylation sites is 1. The number of amides is 2. The van der Waals surface area contributed by atoms with E-state index >= 15 is 0 Å². The Kier molecular flexibility index (Phi) is 4.81. The normalized spacial score (nSPS) is 14.4. The quantitative estimate of drug-likeness (QED) is 0.751. The van der Waals surface area contributed by atoms with Gasteiger partial charge in [-0.1, -0.05) is 18.2 Å². The molecule has 0 saturated carbocycles. The number of aromatic nitrogens is 1. The Morgan fingerprint density at radius 2 is 1.81 bits per heavy atom. The van der Waals surface area contributed by atoms with Crippen molar-refractivity contribution in [2.24, 2.45) is 5.73 Å². The van der Waals surface area contributed by atoms with Crippen LogP contribution in [0.5, 0.6) is 0 Å². The fourth-order valence-electron chi connectivity index (χ4n) is 2.36. The summed E-state index contributed by atoms with van der Waals surface area (Å²) in [5.74, 6) is -0.896. The van der Waals surface area contributed by atoms with Crippen LogP contribution >= 0.6 is 0 Å². The van der Waals surface area contributed by atoms with Crippen molar-refractivity contribution in [2.45, 2.75) is 19.3 Å². The summed E-state index contributed by atoms with van der Waals surface area (Å²) in [5, 5.41) is 9.51. The van der Waals surface area contributed by atoms with Gasteiger partial charge in [-0.25, -0.2) is 9.59 Å². The number of urea groups is 1. The molecule has 6 heteroatoms. The zero-order valence-electron chi connectivity index (χ0n) is 11.7. The maximum absolute atomic E-state index is 10.7. The lowest BCUT2D eigenvalue weighted by Crippen LogP contribution is -2.39. The first-order valence-corrected chi connectivity index (χ1v) is 6.93. The first-order valence-electron chi connectivity index (χ1n) is 6.93. The van der Waals surface area contributed by atoms with Gasteiger partial charge in [0, 0.05) is 30.2 Å². The lowest BCUT2D eigenvalue weighted by atomic mass is 10.1. The van der Waals surface area contributed by atoms with Crippen molar-refractivity contribution in [3.05, 3.63) is 36.0 Å². The summed E-state index contributed by atoms with van der Waals surface area (Å²) in [7, 11) is 0. The minimum atomic E-state index is -0.896. The SMILES string of the molecule is NC(=O)N1CCCCC1.O=C(O)c1c[nH]c2ccccc12. The number of nitrogens with zero attached hydrogens (tertiary/aromatic N) is 1. The van der Waals surface area contributed by atoms with Crippen molar-refractivity contribution >= 4 is 22.9 Å². The molecule has 3 rings (SSSR count).